The molecule has 3 heteroatoms. The minimum atomic E-state index is 0.536. The molecule has 0 amide bonds. The molecule has 4 unspecified atom stereocenters. The van der Waals surface area contributed by atoms with Gasteiger partial charge in [-0.25, -0.2) is 0 Å². The smallest absolute Gasteiger partial charge is 0.0221 e. The standard InChI is InChI=1S/C9H19IN2/c1-6-3-8(4-10)12-9(5-11)7(6)2/h6-9,12H,3-5,11H2,1-2H3. The van der Waals surface area contributed by atoms with Crippen molar-refractivity contribution in [2.24, 2.45) is 17.6 Å². The van der Waals surface area contributed by atoms with Crippen molar-refractivity contribution in [3.63, 3.8) is 0 Å². The molecule has 0 bridgehead atoms. The highest BCUT2D eigenvalue weighted by atomic mass is 127. The summed E-state index contributed by atoms with van der Waals surface area (Å²) in [5, 5.41) is 3.60. The molecule has 0 aromatic rings. The van der Waals surface area contributed by atoms with Gasteiger partial charge >= 0.3 is 0 Å². The third kappa shape index (κ3) is 2.33. The number of nitrogens with one attached hydrogen (secondary N) is 1. The van der Waals surface area contributed by atoms with Gasteiger partial charge in [-0.2, -0.15) is 0 Å². The predicted molar refractivity (Wildman–Crippen MR) is 61.6 cm³/mol. The fourth-order valence-electron chi connectivity index (χ4n) is 1.97. The first-order chi connectivity index (χ1) is 5.69. The molecule has 0 radical (unpaired) electrons. The maximum Gasteiger partial charge on any atom is 0.0221 e. The van der Waals surface area contributed by atoms with E-state index in [1.807, 2.05) is 0 Å². The lowest BCUT2D eigenvalue weighted by Crippen LogP contribution is -2.53. The fourth-order valence-corrected chi connectivity index (χ4v) is 2.59. The first-order valence-electron chi connectivity index (χ1n) is 4.71. The maximum absolute atomic E-state index is 5.71. The van der Waals surface area contributed by atoms with Crippen LogP contribution in [0.15, 0.2) is 0 Å². The van der Waals surface area contributed by atoms with E-state index in [0.29, 0.717) is 12.1 Å². The second kappa shape index (κ2) is 4.77. The van der Waals surface area contributed by atoms with Gasteiger partial charge in [0.25, 0.3) is 0 Å². The summed E-state index contributed by atoms with van der Waals surface area (Å²) >= 11 is 2.45. The molecule has 0 aliphatic carbocycles. The normalized spacial score (nSPS) is 43.0. The first kappa shape index (κ1) is 10.7. The van der Waals surface area contributed by atoms with Crippen molar-refractivity contribution in [3.05, 3.63) is 0 Å². The Morgan fingerprint density at radius 3 is 2.67 bits per heavy atom. The zero-order valence-corrected chi connectivity index (χ0v) is 10.0. The Bertz CT molecular complexity index is 140. The third-order valence-electron chi connectivity index (χ3n) is 3.08. The Balaban J connectivity index is 2.52. The number of nitrogens with two attached hydrogens (primary N) is 1. The summed E-state index contributed by atoms with van der Waals surface area (Å²) in [7, 11) is 0. The van der Waals surface area contributed by atoms with Gasteiger partial charge in [0.15, 0.2) is 0 Å². The molecule has 1 aliphatic heterocycles. The van der Waals surface area contributed by atoms with Crippen LogP contribution in [0.4, 0.5) is 0 Å². The highest BCUT2D eigenvalue weighted by molar-refractivity contribution is 14.1. The second-order valence-electron chi connectivity index (χ2n) is 3.93. The van der Waals surface area contributed by atoms with Crippen molar-refractivity contribution in [1.82, 2.24) is 5.32 Å². The summed E-state index contributed by atoms with van der Waals surface area (Å²) < 4.78 is 1.20. The van der Waals surface area contributed by atoms with Crippen LogP contribution < -0.4 is 11.1 Å². The SMILES string of the molecule is CC1CC(CI)NC(CN)C1C. The molecule has 1 saturated heterocycles. The largest absolute Gasteiger partial charge is 0.329 e. The highest BCUT2D eigenvalue weighted by Crippen LogP contribution is 2.26. The van der Waals surface area contributed by atoms with Gasteiger partial charge < -0.3 is 11.1 Å². The van der Waals surface area contributed by atoms with Crippen LogP contribution in [-0.2, 0) is 0 Å². The van der Waals surface area contributed by atoms with Crippen molar-refractivity contribution >= 4 is 22.6 Å². The van der Waals surface area contributed by atoms with E-state index in [-0.39, 0.29) is 0 Å². The molecule has 1 fully saturated rings. The van der Waals surface area contributed by atoms with Crippen LogP contribution in [-0.4, -0.2) is 23.1 Å². The van der Waals surface area contributed by atoms with Crippen molar-refractivity contribution < 1.29 is 0 Å². The molecule has 72 valence electrons. The first-order valence-corrected chi connectivity index (χ1v) is 6.23. The summed E-state index contributed by atoms with van der Waals surface area (Å²) in [5.41, 5.74) is 5.71. The van der Waals surface area contributed by atoms with E-state index >= 15 is 0 Å². The Labute approximate surface area is 88.8 Å². The van der Waals surface area contributed by atoms with Crippen LogP contribution in [0, 0.1) is 11.8 Å². The number of alkyl halides is 1. The van der Waals surface area contributed by atoms with E-state index in [2.05, 4.69) is 41.8 Å². The molecule has 0 saturated carbocycles. The lowest BCUT2D eigenvalue weighted by Gasteiger charge is -2.39. The van der Waals surface area contributed by atoms with Crippen molar-refractivity contribution in [3.8, 4) is 0 Å². The second-order valence-corrected chi connectivity index (χ2v) is 4.81. The summed E-state index contributed by atoms with van der Waals surface area (Å²) in [6, 6.07) is 1.22. The monoisotopic (exact) mass is 282 g/mol. The summed E-state index contributed by atoms with van der Waals surface area (Å²) in [6.07, 6.45) is 1.31. The van der Waals surface area contributed by atoms with E-state index in [0.717, 1.165) is 18.4 Å². The van der Waals surface area contributed by atoms with Crippen molar-refractivity contribution in [2.45, 2.75) is 32.4 Å². The highest BCUT2D eigenvalue weighted by Gasteiger charge is 2.30. The Morgan fingerprint density at radius 2 is 2.17 bits per heavy atom. The van der Waals surface area contributed by atoms with Crippen LogP contribution in [0.3, 0.4) is 0 Å². The molecule has 3 N–H and O–H groups in total. The average molecular weight is 282 g/mol. The average Bonchev–Trinajstić information content (AvgIpc) is 2.09. The minimum Gasteiger partial charge on any atom is -0.329 e. The zero-order chi connectivity index (χ0) is 9.14. The van der Waals surface area contributed by atoms with E-state index in [4.69, 9.17) is 5.73 Å². The molecule has 4 atom stereocenters. The van der Waals surface area contributed by atoms with E-state index in [1.54, 1.807) is 0 Å². The van der Waals surface area contributed by atoms with Gasteiger partial charge in [-0.05, 0) is 18.3 Å². The molecule has 0 spiro atoms. The van der Waals surface area contributed by atoms with Crippen LogP contribution in [0.25, 0.3) is 0 Å². The molecule has 0 aromatic heterocycles. The number of rotatable bonds is 2. The van der Waals surface area contributed by atoms with E-state index in [1.165, 1.54) is 10.8 Å². The van der Waals surface area contributed by atoms with Crippen LogP contribution in [0.5, 0.6) is 0 Å². The lowest BCUT2D eigenvalue weighted by molar-refractivity contribution is 0.190. The van der Waals surface area contributed by atoms with Gasteiger partial charge in [0, 0.05) is 23.1 Å². The molecule has 1 rings (SSSR count). The number of piperidine rings is 1. The van der Waals surface area contributed by atoms with E-state index < -0.39 is 0 Å². The quantitative estimate of drug-likeness (QED) is 0.593. The van der Waals surface area contributed by atoms with Crippen LogP contribution in [0.2, 0.25) is 0 Å². The molecule has 12 heavy (non-hydrogen) atoms. The van der Waals surface area contributed by atoms with Gasteiger partial charge in [-0.1, -0.05) is 36.4 Å². The molecular weight excluding hydrogens is 263 g/mol. The van der Waals surface area contributed by atoms with Crippen LogP contribution >= 0.6 is 22.6 Å². The molecular formula is C9H19IN2. The number of hydrogen-bond donors (Lipinski definition) is 2. The number of halogens is 1. The van der Waals surface area contributed by atoms with Crippen molar-refractivity contribution in [2.75, 3.05) is 11.0 Å². The van der Waals surface area contributed by atoms with Gasteiger partial charge in [0.05, 0.1) is 0 Å². The Hall–Kier alpha value is 0.650. The lowest BCUT2D eigenvalue weighted by atomic mass is 9.80. The summed E-state index contributed by atoms with van der Waals surface area (Å²) in [4.78, 5) is 0. The Kier molecular flexibility index (Phi) is 4.26. The molecule has 0 aromatic carbocycles. The van der Waals surface area contributed by atoms with Gasteiger partial charge in [0.1, 0.15) is 0 Å². The minimum absolute atomic E-state index is 0.536. The van der Waals surface area contributed by atoms with Gasteiger partial charge in [-0.15, -0.1) is 0 Å². The zero-order valence-electron chi connectivity index (χ0n) is 7.89. The molecule has 1 aliphatic rings. The third-order valence-corrected chi connectivity index (χ3v) is 4.14. The summed E-state index contributed by atoms with van der Waals surface area (Å²) in [5.74, 6) is 1.55. The van der Waals surface area contributed by atoms with Gasteiger partial charge in [0.2, 0.25) is 0 Å². The van der Waals surface area contributed by atoms with Crippen molar-refractivity contribution in [1.29, 1.82) is 0 Å². The molecule has 1 heterocycles. The van der Waals surface area contributed by atoms with Crippen LogP contribution in [0.1, 0.15) is 20.3 Å². The Morgan fingerprint density at radius 1 is 1.50 bits per heavy atom. The van der Waals surface area contributed by atoms with Gasteiger partial charge in [-0.3, -0.25) is 0 Å². The topological polar surface area (TPSA) is 38.0 Å². The van der Waals surface area contributed by atoms with E-state index in [9.17, 15) is 0 Å². The number of hydrogen-bond acceptors (Lipinski definition) is 2. The molecule has 2 nitrogen and oxygen atoms in total. The predicted octanol–water partition coefficient (Wildman–Crippen LogP) is 1.38. The summed E-state index contributed by atoms with van der Waals surface area (Å²) in [6.45, 7) is 5.42. The maximum atomic E-state index is 5.71. The fraction of sp³-hybridized carbons (Fsp3) is 1.00.